The van der Waals surface area contributed by atoms with Crippen LogP contribution in [-0.4, -0.2) is 50.8 Å². The predicted octanol–water partition coefficient (Wildman–Crippen LogP) is 1.68. The quantitative estimate of drug-likeness (QED) is 0.546. The second-order valence-corrected chi connectivity index (χ2v) is 8.82. The van der Waals surface area contributed by atoms with Crippen LogP contribution in [0, 0.1) is 0 Å². The molecule has 1 aromatic heterocycles. The summed E-state index contributed by atoms with van der Waals surface area (Å²) in [6, 6.07) is 9.40. The lowest BCUT2D eigenvalue weighted by atomic mass is 10.2. The van der Waals surface area contributed by atoms with Crippen LogP contribution >= 0.6 is 0 Å². The molecular weight excluding hydrogens is 408 g/mol. The Hall–Kier alpha value is -2.85. The maximum atomic E-state index is 13.0. The van der Waals surface area contributed by atoms with Gasteiger partial charge < -0.3 is 20.4 Å². The fourth-order valence-electron chi connectivity index (χ4n) is 3.23. The van der Waals surface area contributed by atoms with Crippen molar-refractivity contribution < 1.29 is 22.4 Å². The molecule has 2 aromatic rings. The highest BCUT2D eigenvalue weighted by atomic mass is 32.2. The van der Waals surface area contributed by atoms with Crippen LogP contribution in [0.25, 0.3) is 0 Å². The molecule has 3 amide bonds. The second-order valence-electron chi connectivity index (χ2n) is 6.92. The van der Waals surface area contributed by atoms with Crippen molar-refractivity contribution in [2.45, 2.75) is 30.7 Å². The van der Waals surface area contributed by atoms with Gasteiger partial charge in [-0.1, -0.05) is 24.6 Å². The molecule has 0 unspecified atom stereocenters. The van der Waals surface area contributed by atoms with Crippen molar-refractivity contribution in [1.82, 2.24) is 20.3 Å². The molecular formula is C20H26N4O5S. The van der Waals surface area contributed by atoms with E-state index in [1.165, 1.54) is 10.6 Å². The van der Waals surface area contributed by atoms with E-state index in [1.54, 1.807) is 36.4 Å². The zero-order chi connectivity index (χ0) is 21.4. The molecule has 2 heterocycles. The van der Waals surface area contributed by atoms with Gasteiger partial charge in [-0.25, -0.2) is 13.2 Å². The lowest BCUT2D eigenvalue weighted by Crippen LogP contribution is -2.40. The van der Waals surface area contributed by atoms with Crippen LogP contribution in [-0.2, 0) is 16.6 Å². The lowest BCUT2D eigenvalue weighted by Gasteiger charge is -2.26. The summed E-state index contributed by atoms with van der Waals surface area (Å²) in [5.41, 5.74) is 0.532. The normalized spacial score (nSPS) is 14.8. The minimum absolute atomic E-state index is 0.0772. The summed E-state index contributed by atoms with van der Waals surface area (Å²) in [6.07, 6.45) is 4.16. The third-order valence-electron chi connectivity index (χ3n) is 4.79. The molecule has 0 radical (unpaired) electrons. The van der Waals surface area contributed by atoms with E-state index in [2.05, 4.69) is 16.0 Å². The standard InChI is InChI=1S/C20H26N4O5S/c25-19(17-8-6-14-29-17)21-10-11-22-20(26)23-15-16-7-2-3-9-18(16)30(27,28)24-12-4-1-5-13-24/h2-3,6-9,14H,1,4-5,10-13,15H2,(H,21,25)(H2,22,23,26). The predicted molar refractivity (Wildman–Crippen MR) is 110 cm³/mol. The van der Waals surface area contributed by atoms with Crippen molar-refractivity contribution in [3.05, 3.63) is 54.0 Å². The molecule has 10 heteroatoms. The number of hydrogen-bond acceptors (Lipinski definition) is 5. The summed E-state index contributed by atoms with van der Waals surface area (Å²) in [7, 11) is -3.59. The molecule has 0 atom stereocenters. The summed E-state index contributed by atoms with van der Waals surface area (Å²) in [5, 5.41) is 7.91. The Morgan fingerprint density at radius 2 is 1.67 bits per heavy atom. The first-order valence-corrected chi connectivity index (χ1v) is 11.3. The van der Waals surface area contributed by atoms with Crippen LogP contribution in [0.3, 0.4) is 0 Å². The van der Waals surface area contributed by atoms with E-state index in [1.807, 2.05) is 0 Å². The largest absolute Gasteiger partial charge is 0.459 e. The van der Waals surface area contributed by atoms with E-state index in [0.717, 1.165) is 19.3 Å². The van der Waals surface area contributed by atoms with Crippen molar-refractivity contribution >= 4 is 22.0 Å². The number of benzene rings is 1. The molecule has 0 spiro atoms. The van der Waals surface area contributed by atoms with Crippen LogP contribution in [0.15, 0.2) is 52.0 Å². The molecule has 1 saturated heterocycles. The number of amides is 3. The molecule has 0 bridgehead atoms. The van der Waals surface area contributed by atoms with Gasteiger partial charge in [0.25, 0.3) is 5.91 Å². The lowest BCUT2D eigenvalue weighted by molar-refractivity contribution is 0.0926. The van der Waals surface area contributed by atoms with Gasteiger partial charge in [0.05, 0.1) is 11.2 Å². The maximum absolute atomic E-state index is 13.0. The zero-order valence-corrected chi connectivity index (χ0v) is 17.4. The highest BCUT2D eigenvalue weighted by Crippen LogP contribution is 2.23. The van der Waals surface area contributed by atoms with Crippen molar-refractivity contribution in [1.29, 1.82) is 0 Å². The number of sulfonamides is 1. The molecule has 3 rings (SSSR count). The number of nitrogens with one attached hydrogen (secondary N) is 3. The second kappa shape index (κ2) is 10.3. The number of rotatable bonds is 8. The van der Waals surface area contributed by atoms with E-state index in [0.29, 0.717) is 18.7 Å². The average molecular weight is 435 g/mol. The maximum Gasteiger partial charge on any atom is 0.315 e. The summed E-state index contributed by atoms with van der Waals surface area (Å²) < 4.78 is 32.4. The molecule has 162 valence electrons. The number of piperidine rings is 1. The molecule has 9 nitrogen and oxygen atoms in total. The molecule has 0 aliphatic carbocycles. The number of hydrogen-bond donors (Lipinski definition) is 3. The molecule has 1 fully saturated rings. The van der Waals surface area contributed by atoms with Crippen LogP contribution in [0.2, 0.25) is 0 Å². The number of carbonyl (C=O) groups excluding carboxylic acids is 2. The van der Waals surface area contributed by atoms with Gasteiger partial charge >= 0.3 is 6.03 Å². The highest BCUT2D eigenvalue weighted by molar-refractivity contribution is 7.89. The van der Waals surface area contributed by atoms with Gasteiger partial charge in [0.1, 0.15) is 0 Å². The van der Waals surface area contributed by atoms with Crippen LogP contribution in [0.1, 0.15) is 35.4 Å². The van der Waals surface area contributed by atoms with E-state index in [4.69, 9.17) is 4.42 Å². The minimum Gasteiger partial charge on any atom is -0.459 e. The first-order chi connectivity index (χ1) is 14.5. The minimum atomic E-state index is -3.59. The van der Waals surface area contributed by atoms with Crippen molar-refractivity contribution in [2.24, 2.45) is 0 Å². The Labute approximate surface area is 175 Å². The summed E-state index contributed by atoms with van der Waals surface area (Å²) in [6.45, 7) is 1.56. The van der Waals surface area contributed by atoms with Crippen molar-refractivity contribution in [2.75, 3.05) is 26.2 Å². The van der Waals surface area contributed by atoms with E-state index >= 15 is 0 Å². The van der Waals surface area contributed by atoms with Gasteiger partial charge in [-0.05, 0) is 36.6 Å². The number of furan rings is 1. The van der Waals surface area contributed by atoms with Gasteiger partial charge in [0.2, 0.25) is 10.0 Å². The van der Waals surface area contributed by atoms with E-state index in [-0.39, 0.29) is 36.2 Å². The number of urea groups is 1. The van der Waals surface area contributed by atoms with Gasteiger partial charge in [0, 0.05) is 32.7 Å². The SMILES string of the molecule is O=C(NCCNC(=O)c1ccco1)NCc1ccccc1S(=O)(=O)N1CCCCC1. The number of nitrogens with zero attached hydrogens (tertiary/aromatic N) is 1. The first kappa shape index (κ1) is 21.8. The van der Waals surface area contributed by atoms with Crippen LogP contribution in [0.4, 0.5) is 4.79 Å². The molecule has 1 aliphatic rings. The molecule has 3 N–H and O–H groups in total. The van der Waals surface area contributed by atoms with E-state index in [9.17, 15) is 18.0 Å². The summed E-state index contributed by atoms with van der Waals surface area (Å²) >= 11 is 0. The molecule has 30 heavy (non-hydrogen) atoms. The Morgan fingerprint density at radius 1 is 0.933 bits per heavy atom. The fourth-order valence-corrected chi connectivity index (χ4v) is 4.97. The summed E-state index contributed by atoms with van der Waals surface area (Å²) in [5.74, 6) is -0.162. The first-order valence-electron chi connectivity index (χ1n) is 9.90. The Bertz CT molecular complexity index is 953. The molecule has 1 aromatic carbocycles. The topological polar surface area (TPSA) is 121 Å². The highest BCUT2D eigenvalue weighted by Gasteiger charge is 2.27. The third-order valence-corrected chi connectivity index (χ3v) is 6.79. The number of carbonyl (C=O) groups is 2. The van der Waals surface area contributed by atoms with Gasteiger partial charge in [-0.2, -0.15) is 4.31 Å². The average Bonchev–Trinajstić information content (AvgIpc) is 3.31. The van der Waals surface area contributed by atoms with Crippen molar-refractivity contribution in [3.63, 3.8) is 0 Å². The molecule has 1 aliphatic heterocycles. The van der Waals surface area contributed by atoms with Gasteiger partial charge in [-0.3, -0.25) is 4.79 Å². The Balaban J connectivity index is 1.48. The van der Waals surface area contributed by atoms with E-state index < -0.39 is 16.1 Å². The Morgan fingerprint density at radius 3 is 2.40 bits per heavy atom. The molecule has 0 saturated carbocycles. The van der Waals surface area contributed by atoms with Crippen LogP contribution < -0.4 is 16.0 Å². The Kier molecular flexibility index (Phi) is 7.47. The van der Waals surface area contributed by atoms with Gasteiger partial charge in [0.15, 0.2) is 5.76 Å². The van der Waals surface area contributed by atoms with Gasteiger partial charge in [-0.15, -0.1) is 0 Å². The summed E-state index contributed by atoms with van der Waals surface area (Å²) in [4.78, 5) is 24.0. The van der Waals surface area contributed by atoms with Crippen molar-refractivity contribution in [3.8, 4) is 0 Å². The smallest absolute Gasteiger partial charge is 0.315 e. The van der Waals surface area contributed by atoms with Crippen LogP contribution in [0.5, 0.6) is 0 Å². The zero-order valence-electron chi connectivity index (χ0n) is 16.6. The fraction of sp³-hybridized carbons (Fsp3) is 0.400. The monoisotopic (exact) mass is 434 g/mol. The third kappa shape index (κ3) is 5.61.